The number of nitrogens with zero attached hydrogens (tertiary/aromatic N) is 5. The Hall–Kier alpha value is -1.44. The Morgan fingerprint density at radius 1 is 1.35 bits per heavy atom. The molecule has 1 aliphatic carbocycles. The fourth-order valence-electron chi connectivity index (χ4n) is 3.69. The fraction of sp³-hybridized carbons (Fsp3) is 0.667. The van der Waals surface area contributed by atoms with E-state index in [1.54, 1.807) is 6.20 Å². The van der Waals surface area contributed by atoms with Crippen LogP contribution in [0, 0.1) is 6.92 Å². The van der Waals surface area contributed by atoms with Crippen molar-refractivity contribution >= 4 is 12.4 Å². The third kappa shape index (κ3) is 3.00. The molecule has 3 heterocycles. The molecule has 0 amide bonds. The maximum absolute atomic E-state index is 5.87. The largest absolute Gasteiger partial charge is 0.375 e. The van der Waals surface area contributed by atoms with E-state index in [4.69, 9.17) is 9.72 Å². The van der Waals surface area contributed by atoms with Gasteiger partial charge < -0.3 is 10.1 Å². The Morgan fingerprint density at radius 3 is 3.00 bits per heavy atom. The molecular weight excluding hydrogens is 316 g/mol. The smallest absolute Gasteiger partial charge is 0.153 e. The zero-order chi connectivity index (χ0) is 15.1. The van der Waals surface area contributed by atoms with Gasteiger partial charge in [0.2, 0.25) is 0 Å². The molecule has 0 spiro atoms. The number of nitrogens with one attached hydrogen (secondary N) is 1. The molecular formula is C15H23ClN6O. The average Bonchev–Trinajstić information content (AvgIpc) is 3.12. The number of rotatable bonds is 2. The maximum atomic E-state index is 5.87. The molecule has 1 saturated heterocycles. The second-order valence-corrected chi connectivity index (χ2v) is 6.22. The van der Waals surface area contributed by atoms with Gasteiger partial charge in [-0.15, -0.1) is 17.5 Å². The average molecular weight is 339 g/mol. The Bertz CT molecular complexity index is 669. The summed E-state index contributed by atoms with van der Waals surface area (Å²) in [6.07, 6.45) is 5.39. The topological polar surface area (TPSA) is 69.8 Å². The van der Waals surface area contributed by atoms with Gasteiger partial charge in [0.15, 0.2) is 5.82 Å². The second-order valence-electron chi connectivity index (χ2n) is 6.22. The van der Waals surface area contributed by atoms with Crippen LogP contribution in [0.5, 0.6) is 0 Å². The third-order valence-corrected chi connectivity index (χ3v) is 4.74. The number of aryl methyl sites for hydroxylation is 2. The van der Waals surface area contributed by atoms with Gasteiger partial charge in [0.05, 0.1) is 18.9 Å². The lowest BCUT2D eigenvalue weighted by Gasteiger charge is -2.39. The van der Waals surface area contributed by atoms with Crippen LogP contribution in [0.25, 0.3) is 5.82 Å². The molecule has 126 valence electrons. The highest BCUT2D eigenvalue weighted by Crippen LogP contribution is 2.35. The highest BCUT2D eigenvalue weighted by atomic mass is 35.5. The van der Waals surface area contributed by atoms with Crippen molar-refractivity contribution in [2.75, 3.05) is 13.2 Å². The quantitative estimate of drug-likeness (QED) is 0.895. The highest BCUT2D eigenvalue weighted by molar-refractivity contribution is 5.85. The number of aromatic nitrogens is 5. The van der Waals surface area contributed by atoms with Crippen molar-refractivity contribution in [3.63, 3.8) is 0 Å². The Labute approximate surface area is 141 Å². The first kappa shape index (κ1) is 16.4. The van der Waals surface area contributed by atoms with Crippen molar-refractivity contribution in [2.45, 2.75) is 44.2 Å². The molecule has 8 heteroatoms. The minimum Gasteiger partial charge on any atom is -0.375 e. The van der Waals surface area contributed by atoms with E-state index in [1.165, 1.54) is 0 Å². The zero-order valence-corrected chi connectivity index (χ0v) is 14.3. The van der Waals surface area contributed by atoms with Gasteiger partial charge in [0, 0.05) is 31.6 Å². The summed E-state index contributed by atoms with van der Waals surface area (Å²) in [6.45, 7) is 3.72. The van der Waals surface area contributed by atoms with Crippen LogP contribution in [0.3, 0.4) is 0 Å². The zero-order valence-electron chi connectivity index (χ0n) is 13.5. The number of ether oxygens (including phenoxy) is 1. The lowest BCUT2D eigenvalue weighted by Crippen LogP contribution is -2.51. The van der Waals surface area contributed by atoms with Crippen LogP contribution in [0.15, 0.2) is 12.3 Å². The summed E-state index contributed by atoms with van der Waals surface area (Å²) in [4.78, 5) is 4.71. The predicted octanol–water partition coefficient (Wildman–Crippen LogP) is 1.36. The molecule has 2 aromatic rings. The minimum atomic E-state index is 0. The van der Waals surface area contributed by atoms with Gasteiger partial charge in [-0.3, -0.25) is 4.68 Å². The molecule has 0 unspecified atom stereocenters. The molecule has 3 atom stereocenters. The summed E-state index contributed by atoms with van der Waals surface area (Å²) >= 11 is 0. The molecule has 2 aliphatic rings. The number of halogens is 1. The van der Waals surface area contributed by atoms with E-state index in [-0.39, 0.29) is 12.4 Å². The van der Waals surface area contributed by atoms with Crippen LogP contribution in [0.2, 0.25) is 0 Å². The van der Waals surface area contributed by atoms with Crippen LogP contribution in [-0.2, 0) is 11.8 Å². The van der Waals surface area contributed by atoms with Crippen LogP contribution in [0.4, 0.5) is 0 Å². The standard InChI is InChI=1S/C15H22N6O.ClH/c1-10-18-15(21(19-10)14-5-6-17-20(14)2)11-3-4-13-12(9-11)16-7-8-22-13;/h5-6,11-13,16H,3-4,7-9H2,1-2H3;1H/t11-,12+,13+;/m0./s1. The van der Waals surface area contributed by atoms with Crippen LogP contribution >= 0.6 is 12.4 Å². The Kier molecular flexibility index (Phi) is 4.70. The first-order valence-corrected chi connectivity index (χ1v) is 7.99. The van der Waals surface area contributed by atoms with Crippen molar-refractivity contribution in [2.24, 2.45) is 7.05 Å². The lowest BCUT2D eigenvalue weighted by molar-refractivity contribution is -0.0281. The number of morpholine rings is 1. The van der Waals surface area contributed by atoms with Gasteiger partial charge in [-0.2, -0.15) is 9.78 Å². The van der Waals surface area contributed by atoms with Crippen molar-refractivity contribution in [3.05, 3.63) is 23.9 Å². The highest BCUT2D eigenvalue weighted by Gasteiger charge is 2.36. The van der Waals surface area contributed by atoms with Gasteiger partial charge in [-0.05, 0) is 26.2 Å². The van der Waals surface area contributed by atoms with E-state index in [2.05, 4.69) is 15.5 Å². The normalized spacial score (nSPS) is 27.3. The summed E-state index contributed by atoms with van der Waals surface area (Å²) in [5.74, 6) is 3.23. The SMILES string of the molecule is Cc1nc([C@H]2CC[C@H]3OCCN[C@@H]3C2)n(-c2ccnn2C)n1.Cl. The van der Waals surface area contributed by atoms with Crippen LogP contribution in [-0.4, -0.2) is 49.8 Å². The van der Waals surface area contributed by atoms with Crippen molar-refractivity contribution in [1.82, 2.24) is 29.9 Å². The van der Waals surface area contributed by atoms with Gasteiger partial charge in [-0.1, -0.05) is 0 Å². The van der Waals surface area contributed by atoms with Crippen molar-refractivity contribution in [1.29, 1.82) is 0 Å². The molecule has 2 fully saturated rings. The van der Waals surface area contributed by atoms with Crippen LogP contribution < -0.4 is 5.32 Å². The predicted molar refractivity (Wildman–Crippen MR) is 88.2 cm³/mol. The van der Waals surface area contributed by atoms with E-state index < -0.39 is 0 Å². The number of hydrogen-bond acceptors (Lipinski definition) is 5. The van der Waals surface area contributed by atoms with Gasteiger partial charge in [0.1, 0.15) is 11.6 Å². The Morgan fingerprint density at radius 2 is 2.22 bits per heavy atom. The molecule has 1 N–H and O–H groups in total. The molecule has 4 rings (SSSR count). The number of fused-ring (bicyclic) bond motifs is 1. The molecule has 1 aliphatic heterocycles. The molecule has 0 bridgehead atoms. The van der Waals surface area contributed by atoms with E-state index in [9.17, 15) is 0 Å². The first-order chi connectivity index (χ1) is 10.7. The molecule has 0 aromatic carbocycles. The van der Waals surface area contributed by atoms with E-state index in [0.717, 1.165) is 49.9 Å². The minimum absolute atomic E-state index is 0. The second kappa shape index (κ2) is 6.59. The summed E-state index contributed by atoms with van der Waals surface area (Å²) in [7, 11) is 1.93. The molecule has 0 radical (unpaired) electrons. The monoisotopic (exact) mass is 338 g/mol. The van der Waals surface area contributed by atoms with E-state index >= 15 is 0 Å². The maximum Gasteiger partial charge on any atom is 0.153 e. The third-order valence-electron chi connectivity index (χ3n) is 4.74. The molecule has 2 aromatic heterocycles. The van der Waals surface area contributed by atoms with Crippen LogP contribution in [0.1, 0.15) is 36.8 Å². The molecule has 23 heavy (non-hydrogen) atoms. The fourth-order valence-corrected chi connectivity index (χ4v) is 3.69. The van der Waals surface area contributed by atoms with Crippen molar-refractivity contribution in [3.8, 4) is 5.82 Å². The van der Waals surface area contributed by atoms with E-state index in [1.807, 2.05) is 29.4 Å². The van der Waals surface area contributed by atoms with Gasteiger partial charge in [0.25, 0.3) is 0 Å². The lowest BCUT2D eigenvalue weighted by atomic mass is 9.82. The van der Waals surface area contributed by atoms with E-state index in [0.29, 0.717) is 18.1 Å². The van der Waals surface area contributed by atoms with Gasteiger partial charge >= 0.3 is 0 Å². The molecule has 7 nitrogen and oxygen atoms in total. The first-order valence-electron chi connectivity index (χ1n) is 7.99. The Balaban J connectivity index is 0.00000156. The van der Waals surface area contributed by atoms with Gasteiger partial charge in [-0.25, -0.2) is 4.98 Å². The van der Waals surface area contributed by atoms with Crippen molar-refractivity contribution < 1.29 is 4.74 Å². The number of hydrogen-bond donors (Lipinski definition) is 1. The summed E-state index contributed by atoms with van der Waals surface area (Å²) in [6, 6.07) is 2.41. The summed E-state index contributed by atoms with van der Waals surface area (Å²) in [5, 5.41) is 12.4. The summed E-state index contributed by atoms with van der Waals surface area (Å²) in [5.41, 5.74) is 0. The summed E-state index contributed by atoms with van der Waals surface area (Å²) < 4.78 is 9.67. The molecule has 1 saturated carbocycles.